The highest BCUT2D eigenvalue weighted by atomic mass is 16.4. The Kier molecular flexibility index (Phi) is 7.06. The van der Waals surface area contributed by atoms with Gasteiger partial charge in [0.2, 0.25) is 17.5 Å². The number of oxazole rings is 1. The van der Waals surface area contributed by atoms with Crippen LogP contribution in [0, 0.1) is 11.3 Å². The van der Waals surface area contributed by atoms with Crippen LogP contribution in [0.5, 0.6) is 0 Å². The van der Waals surface area contributed by atoms with Crippen LogP contribution in [-0.2, 0) is 0 Å². The molecule has 0 bridgehead atoms. The normalized spacial score (nSPS) is 11.1. The zero-order valence-corrected chi connectivity index (χ0v) is 14.4. The average molecular weight is 325 g/mol. The van der Waals surface area contributed by atoms with Crippen LogP contribution in [0.1, 0.15) is 37.4 Å². The Hall–Kier alpha value is -2.58. The van der Waals surface area contributed by atoms with E-state index < -0.39 is 0 Å². The fraction of sp³-hybridized carbons (Fsp3) is 0.368. The molecule has 0 aliphatic carbocycles. The molecule has 0 saturated heterocycles. The van der Waals surface area contributed by atoms with E-state index in [0.29, 0.717) is 17.5 Å². The first-order chi connectivity index (χ1) is 11.8. The van der Waals surface area contributed by atoms with Crippen LogP contribution in [0.15, 0.2) is 34.7 Å². The highest BCUT2D eigenvalue weighted by Gasteiger charge is 2.11. The predicted octanol–water partition coefficient (Wildman–Crippen LogP) is 2.44. The van der Waals surface area contributed by atoms with Crippen molar-refractivity contribution in [2.24, 2.45) is 0 Å². The van der Waals surface area contributed by atoms with Gasteiger partial charge in [-0.05, 0) is 25.5 Å². The molecule has 1 aromatic heterocycles. The molecule has 0 amide bonds. The number of nitrogens with one attached hydrogen (secondary N) is 2. The molecular weight excluding hydrogens is 300 g/mol. The Morgan fingerprint density at radius 2 is 1.96 bits per heavy atom. The summed E-state index contributed by atoms with van der Waals surface area (Å²) in [5.74, 6) is 0.895. The molecule has 0 fully saturated rings. The molecule has 0 unspecified atom stereocenters. The maximum Gasteiger partial charge on any atom is 0.232 e. The first kappa shape index (κ1) is 17.8. The summed E-state index contributed by atoms with van der Waals surface area (Å²) >= 11 is 0. The van der Waals surface area contributed by atoms with Gasteiger partial charge in [-0.15, -0.1) is 0 Å². The molecule has 0 saturated carbocycles. The zero-order valence-electron chi connectivity index (χ0n) is 14.4. The van der Waals surface area contributed by atoms with E-state index in [2.05, 4.69) is 30.2 Å². The molecule has 0 spiro atoms. The average Bonchev–Trinajstić information content (AvgIpc) is 3.03. The van der Waals surface area contributed by atoms with Gasteiger partial charge in [0.15, 0.2) is 0 Å². The number of benzene rings is 1. The number of hydrogen-bond donors (Lipinski definition) is 2. The number of nitrogens with zero attached hydrogens (tertiary/aromatic N) is 2. The quantitative estimate of drug-likeness (QED) is 0.695. The third kappa shape index (κ3) is 5.25. The molecule has 5 heteroatoms. The third-order valence-electron chi connectivity index (χ3n) is 3.96. The number of nitriles is 1. The summed E-state index contributed by atoms with van der Waals surface area (Å²) in [6, 6.07) is 12.0. The smallest absolute Gasteiger partial charge is 0.232 e. The molecule has 2 N–H and O–H groups in total. The lowest BCUT2D eigenvalue weighted by Crippen LogP contribution is -3.11. The second-order valence-electron chi connectivity index (χ2n) is 5.57. The molecule has 2 aromatic rings. The van der Waals surface area contributed by atoms with Gasteiger partial charge in [0.1, 0.15) is 6.07 Å². The van der Waals surface area contributed by atoms with Crippen LogP contribution in [0.25, 0.3) is 12.2 Å². The number of anilines is 1. The number of rotatable bonds is 9. The monoisotopic (exact) mass is 325 g/mol. The molecule has 2 rings (SSSR count). The summed E-state index contributed by atoms with van der Waals surface area (Å²) in [5, 5.41) is 12.4. The van der Waals surface area contributed by atoms with Crippen molar-refractivity contribution in [3.05, 3.63) is 47.5 Å². The van der Waals surface area contributed by atoms with Gasteiger partial charge in [0, 0.05) is 19.0 Å². The van der Waals surface area contributed by atoms with Gasteiger partial charge < -0.3 is 14.6 Å². The van der Waals surface area contributed by atoms with E-state index in [0.717, 1.165) is 38.2 Å². The molecule has 1 heterocycles. The van der Waals surface area contributed by atoms with Gasteiger partial charge in [-0.3, -0.25) is 0 Å². The molecule has 24 heavy (non-hydrogen) atoms. The predicted molar refractivity (Wildman–Crippen MR) is 96.6 cm³/mol. The summed E-state index contributed by atoms with van der Waals surface area (Å²) in [7, 11) is 0. The van der Waals surface area contributed by atoms with Gasteiger partial charge in [0.05, 0.1) is 19.6 Å². The van der Waals surface area contributed by atoms with E-state index in [-0.39, 0.29) is 0 Å². The molecule has 0 atom stereocenters. The van der Waals surface area contributed by atoms with E-state index in [1.54, 1.807) is 11.0 Å². The van der Waals surface area contributed by atoms with Crippen molar-refractivity contribution in [1.82, 2.24) is 4.98 Å². The number of aromatic nitrogens is 1. The molecule has 0 radical (unpaired) electrons. The van der Waals surface area contributed by atoms with E-state index in [9.17, 15) is 5.26 Å². The first-order valence-electron chi connectivity index (χ1n) is 8.48. The molecule has 5 nitrogen and oxygen atoms in total. The topological polar surface area (TPSA) is 66.3 Å². The van der Waals surface area contributed by atoms with E-state index >= 15 is 0 Å². The van der Waals surface area contributed by atoms with Gasteiger partial charge in [0.25, 0.3) is 0 Å². The Morgan fingerprint density at radius 3 is 2.62 bits per heavy atom. The Bertz CT molecular complexity index is 681. The van der Waals surface area contributed by atoms with Crippen LogP contribution < -0.4 is 10.2 Å². The molecule has 126 valence electrons. The summed E-state index contributed by atoms with van der Waals surface area (Å²) < 4.78 is 5.65. The van der Waals surface area contributed by atoms with Crippen LogP contribution in [0.4, 0.5) is 5.88 Å². The molecule has 1 aromatic carbocycles. The SMILES string of the molecule is CC[NH+](CC)CCCNc1oc(/C=C/c2ccccc2)nc1C#N. The van der Waals surface area contributed by atoms with Crippen molar-refractivity contribution in [1.29, 1.82) is 5.26 Å². The minimum absolute atomic E-state index is 0.304. The van der Waals surface area contributed by atoms with Crippen LogP contribution >= 0.6 is 0 Å². The van der Waals surface area contributed by atoms with Crippen molar-refractivity contribution >= 4 is 18.0 Å². The van der Waals surface area contributed by atoms with Crippen molar-refractivity contribution in [3.63, 3.8) is 0 Å². The van der Waals surface area contributed by atoms with E-state index in [1.807, 2.05) is 36.4 Å². The van der Waals surface area contributed by atoms with E-state index in [1.165, 1.54) is 0 Å². The van der Waals surface area contributed by atoms with Crippen molar-refractivity contribution in [3.8, 4) is 6.07 Å². The zero-order chi connectivity index (χ0) is 17.2. The minimum atomic E-state index is 0.304. The third-order valence-corrected chi connectivity index (χ3v) is 3.96. The van der Waals surface area contributed by atoms with Gasteiger partial charge in [-0.25, -0.2) is 0 Å². The Morgan fingerprint density at radius 1 is 1.21 bits per heavy atom. The van der Waals surface area contributed by atoms with Crippen molar-refractivity contribution in [2.75, 3.05) is 31.5 Å². The molecule has 0 aliphatic rings. The van der Waals surface area contributed by atoms with E-state index in [4.69, 9.17) is 4.42 Å². The van der Waals surface area contributed by atoms with Crippen molar-refractivity contribution < 1.29 is 9.32 Å². The summed E-state index contributed by atoms with van der Waals surface area (Å²) in [6.07, 6.45) is 4.72. The van der Waals surface area contributed by atoms with Gasteiger partial charge in [-0.2, -0.15) is 10.2 Å². The second-order valence-corrected chi connectivity index (χ2v) is 5.57. The lowest BCUT2D eigenvalue weighted by molar-refractivity contribution is -0.896. The standard InChI is InChI=1S/C19H24N4O/c1-3-23(4-2)14-8-13-21-19-17(15-20)22-18(24-19)12-11-16-9-6-5-7-10-16/h5-7,9-12,21H,3-4,8,13-14H2,1-2H3/p+1/b12-11+. The van der Waals surface area contributed by atoms with Gasteiger partial charge >= 0.3 is 0 Å². The number of hydrogen-bond acceptors (Lipinski definition) is 4. The summed E-state index contributed by atoms with van der Waals surface area (Å²) in [4.78, 5) is 5.78. The fourth-order valence-electron chi connectivity index (χ4n) is 2.48. The largest absolute Gasteiger partial charge is 0.420 e. The Balaban J connectivity index is 1.93. The van der Waals surface area contributed by atoms with Crippen LogP contribution in [-0.4, -0.2) is 31.2 Å². The molecular formula is C19H25N4O+. The van der Waals surface area contributed by atoms with Crippen LogP contribution in [0.3, 0.4) is 0 Å². The summed E-state index contributed by atoms with van der Waals surface area (Å²) in [5.41, 5.74) is 1.36. The van der Waals surface area contributed by atoms with Gasteiger partial charge in [-0.1, -0.05) is 30.3 Å². The lowest BCUT2D eigenvalue weighted by atomic mass is 10.2. The summed E-state index contributed by atoms with van der Waals surface area (Å²) in [6.45, 7) is 8.54. The number of quaternary nitrogens is 1. The maximum absolute atomic E-state index is 9.20. The van der Waals surface area contributed by atoms with Crippen LogP contribution in [0.2, 0.25) is 0 Å². The second kappa shape index (κ2) is 9.53. The molecule has 0 aliphatic heterocycles. The highest BCUT2D eigenvalue weighted by molar-refractivity contribution is 5.67. The fourth-order valence-corrected chi connectivity index (χ4v) is 2.48. The maximum atomic E-state index is 9.20. The lowest BCUT2D eigenvalue weighted by Gasteiger charge is -2.14. The minimum Gasteiger partial charge on any atom is -0.420 e. The highest BCUT2D eigenvalue weighted by Crippen LogP contribution is 2.18. The first-order valence-corrected chi connectivity index (χ1v) is 8.48. The van der Waals surface area contributed by atoms with Crippen molar-refractivity contribution in [2.45, 2.75) is 20.3 Å². The Labute approximate surface area is 143 Å².